The van der Waals surface area contributed by atoms with Gasteiger partial charge in [-0.3, -0.25) is 4.79 Å². The van der Waals surface area contributed by atoms with Crippen LogP contribution in [0.4, 0.5) is 23.4 Å². The second kappa shape index (κ2) is 9.36. The lowest BCUT2D eigenvalue weighted by Crippen LogP contribution is -2.45. The molecule has 1 aliphatic carbocycles. The number of likely N-dealkylation sites (N-methyl/N-ethyl adjacent to an activating group) is 1. The van der Waals surface area contributed by atoms with E-state index in [0.717, 1.165) is 12.3 Å². The van der Waals surface area contributed by atoms with Crippen molar-refractivity contribution in [3.05, 3.63) is 71.9 Å². The third-order valence-corrected chi connectivity index (χ3v) is 6.03. The maximum atomic E-state index is 14.1. The predicted octanol–water partition coefficient (Wildman–Crippen LogP) is 5.05. The van der Waals surface area contributed by atoms with Crippen LogP contribution in [-0.2, 0) is 6.18 Å². The van der Waals surface area contributed by atoms with Crippen molar-refractivity contribution >= 4 is 11.7 Å². The Morgan fingerprint density at radius 1 is 1.09 bits per heavy atom. The minimum absolute atomic E-state index is 0.139. The van der Waals surface area contributed by atoms with E-state index in [2.05, 4.69) is 20.3 Å². The second-order valence-electron chi connectivity index (χ2n) is 8.50. The predicted molar refractivity (Wildman–Crippen MR) is 118 cm³/mol. The summed E-state index contributed by atoms with van der Waals surface area (Å²) in [6, 6.07) is 7.27. The largest absolute Gasteiger partial charge is 0.417 e. The third kappa shape index (κ3) is 5.00. The molecule has 0 bridgehead atoms. The highest BCUT2D eigenvalue weighted by Gasteiger charge is 2.38. The first-order chi connectivity index (χ1) is 16.1. The molecular formula is C24H23F4N5O. The Bertz CT molecular complexity index is 1150. The molecule has 6 nitrogen and oxygen atoms in total. The Morgan fingerprint density at radius 3 is 2.47 bits per heavy atom. The zero-order valence-corrected chi connectivity index (χ0v) is 18.6. The van der Waals surface area contributed by atoms with Crippen molar-refractivity contribution in [2.75, 3.05) is 12.4 Å². The number of anilines is 1. The summed E-state index contributed by atoms with van der Waals surface area (Å²) in [5, 5.41) is 3.17. The SMILES string of the molecule is CC1CC(Nc2ccc(C(F)(F)F)cn2)C(N(C)C(=O)c2cc(F)ccc2-c2ncccn2)C1. The molecule has 3 aromatic rings. The van der Waals surface area contributed by atoms with Gasteiger partial charge in [0.2, 0.25) is 0 Å². The van der Waals surface area contributed by atoms with E-state index in [1.54, 1.807) is 30.4 Å². The summed E-state index contributed by atoms with van der Waals surface area (Å²) in [5.74, 6) is -0.0885. The molecule has 1 fully saturated rings. The number of hydrogen-bond donors (Lipinski definition) is 1. The molecule has 1 aromatic carbocycles. The smallest absolute Gasteiger partial charge is 0.365 e. The molecule has 1 N–H and O–H groups in total. The highest BCUT2D eigenvalue weighted by molar-refractivity contribution is 6.00. The van der Waals surface area contributed by atoms with E-state index in [0.29, 0.717) is 30.0 Å². The summed E-state index contributed by atoms with van der Waals surface area (Å²) in [7, 11) is 1.64. The number of hydrogen-bond acceptors (Lipinski definition) is 5. The molecule has 34 heavy (non-hydrogen) atoms. The second-order valence-corrected chi connectivity index (χ2v) is 8.50. The molecule has 3 atom stereocenters. The number of nitrogens with one attached hydrogen (secondary N) is 1. The molecule has 2 aromatic heterocycles. The maximum absolute atomic E-state index is 14.1. The van der Waals surface area contributed by atoms with Gasteiger partial charge in [0.25, 0.3) is 5.91 Å². The summed E-state index contributed by atoms with van der Waals surface area (Å²) >= 11 is 0. The Kier molecular flexibility index (Phi) is 6.49. The fourth-order valence-corrected chi connectivity index (χ4v) is 4.35. The van der Waals surface area contributed by atoms with Crippen LogP contribution in [0.15, 0.2) is 55.0 Å². The molecule has 178 valence electrons. The Balaban J connectivity index is 1.58. The summed E-state index contributed by atoms with van der Waals surface area (Å²) < 4.78 is 52.6. The number of pyridine rings is 1. The number of benzene rings is 1. The van der Waals surface area contributed by atoms with Gasteiger partial charge in [0.05, 0.1) is 17.2 Å². The first kappa shape index (κ1) is 23.6. The molecule has 4 rings (SSSR count). The van der Waals surface area contributed by atoms with Crippen LogP contribution in [0.3, 0.4) is 0 Å². The van der Waals surface area contributed by atoms with E-state index >= 15 is 0 Å². The summed E-state index contributed by atoms with van der Waals surface area (Å²) in [5.41, 5.74) is -0.276. The number of amides is 1. The lowest BCUT2D eigenvalue weighted by Gasteiger charge is -2.31. The summed E-state index contributed by atoms with van der Waals surface area (Å²) in [6.07, 6.45) is 0.769. The fraction of sp³-hybridized carbons (Fsp3) is 0.333. The van der Waals surface area contributed by atoms with E-state index in [1.807, 2.05) is 6.92 Å². The van der Waals surface area contributed by atoms with Crippen molar-refractivity contribution in [2.45, 2.75) is 38.0 Å². The lowest BCUT2D eigenvalue weighted by atomic mass is 10.0. The molecule has 10 heteroatoms. The minimum Gasteiger partial charge on any atom is -0.365 e. The molecule has 2 heterocycles. The van der Waals surface area contributed by atoms with E-state index in [1.165, 1.54) is 24.3 Å². The Morgan fingerprint density at radius 2 is 1.82 bits per heavy atom. The van der Waals surface area contributed by atoms with Gasteiger partial charge >= 0.3 is 6.18 Å². The average Bonchev–Trinajstić information content (AvgIpc) is 3.18. The van der Waals surface area contributed by atoms with Crippen LogP contribution in [0.5, 0.6) is 0 Å². The van der Waals surface area contributed by atoms with Crippen LogP contribution >= 0.6 is 0 Å². The van der Waals surface area contributed by atoms with Gasteiger partial charge in [-0.25, -0.2) is 19.3 Å². The quantitative estimate of drug-likeness (QED) is 0.526. The van der Waals surface area contributed by atoms with Gasteiger partial charge < -0.3 is 10.2 Å². The maximum Gasteiger partial charge on any atom is 0.417 e. The number of rotatable bonds is 5. The zero-order valence-electron chi connectivity index (χ0n) is 18.6. The standard InChI is InChI=1S/C24H23F4N5O/c1-14-10-19(32-21-7-4-15(13-31-21)24(26,27)28)20(11-14)33(2)23(34)18-12-16(25)5-6-17(18)22-29-8-3-9-30-22/h3-9,12-14,19-20H,10-11H2,1-2H3,(H,31,32). The molecule has 1 amide bonds. The summed E-state index contributed by atoms with van der Waals surface area (Å²) in [6.45, 7) is 2.04. The monoisotopic (exact) mass is 473 g/mol. The van der Waals surface area contributed by atoms with E-state index in [9.17, 15) is 22.4 Å². The van der Waals surface area contributed by atoms with Gasteiger partial charge in [0, 0.05) is 37.2 Å². The molecule has 0 spiro atoms. The topological polar surface area (TPSA) is 71.0 Å². The van der Waals surface area contributed by atoms with Crippen LogP contribution in [0.1, 0.15) is 35.7 Å². The Labute approximate surface area is 194 Å². The van der Waals surface area contributed by atoms with Crippen LogP contribution in [0.2, 0.25) is 0 Å². The van der Waals surface area contributed by atoms with Crippen LogP contribution < -0.4 is 5.32 Å². The third-order valence-electron chi connectivity index (χ3n) is 6.03. The van der Waals surface area contributed by atoms with Crippen molar-refractivity contribution < 1.29 is 22.4 Å². The molecule has 1 saturated carbocycles. The number of halogens is 4. The first-order valence-corrected chi connectivity index (χ1v) is 10.8. The number of aromatic nitrogens is 3. The Hall–Kier alpha value is -3.56. The van der Waals surface area contributed by atoms with E-state index in [4.69, 9.17) is 0 Å². The van der Waals surface area contributed by atoms with Gasteiger partial charge in [-0.15, -0.1) is 0 Å². The normalized spacial score (nSPS) is 20.2. The van der Waals surface area contributed by atoms with Crippen molar-refractivity contribution in [3.63, 3.8) is 0 Å². The molecule has 0 radical (unpaired) electrons. The number of nitrogens with zero attached hydrogens (tertiary/aromatic N) is 4. The highest BCUT2D eigenvalue weighted by atomic mass is 19.4. The van der Waals surface area contributed by atoms with E-state index < -0.39 is 23.5 Å². The lowest BCUT2D eigenvalue weighted by molar-refractivity contribution is -0.137. The zero-order chi connectivity index (χ0) is 24.5. The number of carbonyl (C=O) groups excluding carboxylic acids is 1. The molecule has 1 aliphatic rings. The van der Waals surface area contributed by atoms with Gasteiger partial charge in [0.1, 0.15) is 11.6 Å². The molecule has 0 saturated heterocycles. The van der Waals surface area contributed by atoms with Gasteiger partial charge in [-0.1, -0.05) is 6.92 Å². The van der Waals surface area contributed by atoms with Gasteiger partial charge in [-0.05, 0) is 55.2 Å². The highest BCUT2D eigenvalue weighted by Crippen LogP contribution is 2.34. The van der Waals surface area contributed by atoms with Crippen molar-refractivity contribution in [2.24, 2.45) is 5.92 Å². The van der Waals surface area contributed by atoms with Crippen molar-refractivity contribution in [1.82, 2.24) is 19.9 Å². The minimum atomic E-state index is -4.46. The summed E-state index contributed by atoms with van der Waals surface area (Å²) in [4.78, 5) is 27.3. The van der Waals surface area contributed by atoms with Crippen molar-refractivity contribution in [3.8, 4) is 11.4 Å². The van der Waals surface area contributed by atoms with Crippen LogP contribution in [0, 0.1) is 11.7 Å². The van der Waals surface area contributed by atoms with Crippen LogP contribution in [-0.4, -0.2) is 44.9 Å². The van der Waals surface area contributed by atoms with Crippen LogP contribution in [0.25, 0.3) is 11.4 Å². The molecule has 3 unspecified atom stereocenters. The molecular weight excluding hydrogens is 450 g/mol. The fourth-order valence-electron chi connectivity index (χ4n) is 4.35. The van der Waals surface area contributed by atoms with Crippen molar-refractivity contribution in [1.29, 1.82) is 0 Å². The van der Waals surface area contributed by atoms with Gasteiger partial charge in [-0.2, -0.15) is 13.2 Å². The van der Waals surface area contributed by atoms with Gasteiger partial charge in [0.15, 0.2) is 5.82 Å². The molecule has 0 aliphatic heterocycles. The van der Waals surface area contributed by atoms with E-state index in [-0.39, 0.29) is 23.6 Å². The average molecular weight is 473 g/mol. The number of alkyl halides is 3. The number of carbonyl (C=O) groups is 1. The first-order valence-electron chi connectivity index (χ1n) is 10.8.